The molecule has 4 saturated carbocycles. The molecule has 1 N–H and O–H groups in total. The molecule has 9 heteroatoms. The number of aldehydes is 1. The Morgan fingerprint density at radius 1 is 0.594 bits per heavy atom. The van der Waals surface area contributed by atoms with Gasteiger partial charge < -0.3 is 24.3 Å². The summed E-state index contributed by atoms with van der Waals surface area (Å²) < 4.78 is 22.6. The lowest BCUT2D eigenvalue weighted by Gasteiger charge is -2.37. The van der Waals surface area contributed by atoms with Crippen molar-refractivity contribution >= 4 is 39.8 Å². The van der Waals surface area contributed by atoms with E-state index in [0.29, 0.717) is 40.4 Å². The predicted octanol–water partition coefficient (Wildman–Crippen LogP) is 12.5. The van der Waals surface area contributed by atoms with Crippen LogP contribution in [0.2, 0.25) is 0 Å². The number of esters is 2. The van der Waals surface area contributed by atoms with E-state index in [2.05, 4.69) is 88.2 Å². The van der Waals surface area contributed by atoms with Crippen LogP contribution in [0.3, 0.4) is 0 Å². The summed E-state index contributed by atoms with van der Waals surface area (Å²) in [6.45, 7) is 19.5. The maximum atomic E-state index is 11.9. The van der Waals surface area contributed by atoms with E-state index in [0.717, 1.165) is 136 Å². The largest absolute Gasteiger partial charge is 0.490 e. The second kappa shape index (κ2) is 22.3. The number of nitrogens with one attached hydrogen (secondary N) is 1. The van der Waals surface area contributed by atoms with Crippen LogP contribution in [-0.4, -0.2) is 75.7 Å². The smallest absolute Gasteiger partial charge is 0.308 e. The highest BCUT2D eigenvalue weighted by Gasteiger charge is 2.44. The van der Waals surface area contributed by atoms with Crippen molar-refractivity contribution in [2.24, 2.45) is 58.2 Å². The van der Waals surface area contributed by atoms with Gasteiger partial charge in [0.05, 0.1) is 38.3 Å². The number of fused-ring (bicyclic) bond motifs is 4. The summed E-state index contributed by atoms with van der Waals surface area (Å²) in [5, 5.41) is 8.00. The minimum Gasteiger partial charge on any atom is -0.490 e. The molecule has 0 amide bonds. The van der Waals surface area contributed by atoms with Crippen LogP contribution in [0.25, 0.3) is 21.5 Å². The molecule has 69 heavy (non-hydrogen) atoms. The second-order valence-corrected chi connectivity index (χ2v) is 23.9. The average molecular weight is 943 g/mol. The maximum absolute atomic E-state index is 11.9. The molecule has 0 radical (unpaired) electrons. The monoisotopic (exact) mass is 943 g/mol. The van der Waals surface area contributed by atoms with Gasteiger partial charge in [0.25, 0.3) is 0 Å². The van der Waals surface area contributed by atoms with Gasteiger partial charge in [-0.25, -0.2) is 0 Å². The Balaban J connectivity index is 0.000000157. The Bertz CT molecular complexity index is 2340. The van der Waals surface area contributed by atoms with E-state index >= 15 is 0 Å². The highest BCUT2D eigenvalue weighted by Crippen LogP contribution is 2.44. The van der Waals surface area contributed by atoms with Crippen molar-refractivity contribution < 1.29 is 33.3 Å². The standard InChI is InChI=1S/C30H41NO3.C21H26O2.C9H15NO2/c1-30(2,3)25-9-11-26(12-10-25)34-28-7-5-6-21-14-20(8-13-27(21)28)17-31-18-23-15-22(29(32)33-4)16-24(23)19-31;1-21(2,3)17-8-10-18(11-9-17)23-20-6-4-5-16-13-15(14-22)7-12-19(16)20;1-12-9(11)6-2-7-4-10-5-8(7)3-6/h5-8,13-14,22-26H,9-12,15-19H2,1-4H3;4-7,12-14,17-18H,8-11H2,1-3H3;6-8,10H,2-5H2,1H3. The second-order valence-electron chi connectivity index (χ2n) is 23.9. The summed E-state index contributed by atoms with van der Waals surface area (Å²) in [7, 11) is 2.99. The third-order valence-electron chi connectivity index (χ3n) is 17.2. The Labute approximate surface area is 413 Å². The van der Waals surface area contributed by atoms with Crippen molar-refractivity contribution in [3.63, 3.8) is 0 Å². The van der Waals surface area contributed by atoms with E-state index in [1.54, 1.807) is 0 Å². The third kappa shape index (κ3) is 12.7. The molecule has 2 saturated heterocycles. The van der Waals surface area contributed by atoms with Gasteiger partial charge in [0, 0.05) is 36.0 Å². The highest BCUT2D eigenvalue weighted by molar-refractivity contribution is 5.93. The Morgan fingerprint density at radius 3 is 1.49 bits per heavy atom. The number of hydrogen-bond acceptors (Lipinski definition) is 9. The number of hydrogen-bond donors (Lipinski definition) is 1. The third-order valence-corrected chi connectivity index (χ3v) is 17.2. The topological polar surface area (TPSA) is 103 Å². The molecule has 2 heterocycles. The molecule has 6 fully saturated rings. The van der Waals surface area contributed by atoms with E-state index in [1.165, 1.54) is 56.2 Å². The van der Waals surface area contributed by atoms with Crippen LogP contribution in [0.5, 0.6) is 11.5 Å². The van der Waals surface area contributed by atoms with Gasteiger partial charge in [-0.15, -0.1) is 0 Å². The maximum Gasteiger partial charge on any atom is 0.308 e. The quantitative estimate of drug-likeness (QED) is 0.130. The normalized spacial score (nSPS) is 28.9. The summed E-state index contributed by atoms with van der Waals surface area (Å²) in [6.07, 6.45) is 15.2. The van der Waals surface area contributed by atoms with Gasteiger partial charge in [0.2, 0.25) is 0 Å². The Morgan fingerprint density at radius 2 is 1.04 bits per heavy atom. The highest BCUT2D eigenvalue weighted by atomic mass is 16.5. The summed E-state index contributed by atoms with van der Waals surface area (Å²) >= 11 is 0. The average Bonchev–Trinajstić information content (AvgIpc) is 4.14. The zero-order valence-electron chi connectivity index (χ0n) is 43.1. The van der Waals surface area contributed by atoms with Crippen LogP contribution in [0.15, 0.2) is 72.8 Å². The molecular weight excluding hydrogens is 861 g/mol. The van der Waals surface area contributed by atoms with Crippen LogP contribution in [-0.2, 0) is 25.6 Å². The molecule has 4 aliphatic carbocycles. The van der Waals surface area contributed by atoms with Crippen molar-refractivity contribution in [1.82, 2.24) is 10.2 Å². The number of carbonyl (C=O) groups is 3. The lowest BCUT2D eigenvalue weighted by Crippen LogP contribution is -2.30. The van der Waals surface area contributed by atoms with Crippen molar-refractivity contribution in [1.29, 1.82) is 0 Å². The number of likely N-dealkylation sites (tertiary alicyclic amines) is 1. The molecule has 4 aromatic rings. The number of carbonyl (C=O) groups excluding carboxylic acids is 3. The van der Waals surface area contributed by atoms with Crippen LogP contribution < -0.4 is 14.8 Å². The molecule has 6 aliphatic rings. The van der Waals surface area contributed by atoms with Crippen molar-refractivity contribution in [2.45, 2.75) is 137 Å². The van der Waals surface area contributed by atoms with E-state index < -0.39 is 0 Å². The van der Waals surface area contributed by atoms with Gasteiger partial charge in [0.1, 0.15) is 17.8 Å². The summed E-state index contributed by atoms with van der Waals surface area (Å²) in [5.74, 6) is 6.59. The van der Waals surface area contributed by atoms with Crippen molar-refractivity contribution in [3.8, 4) is 11.5 Å². The minimum absolute atomic E-state index is 0.00981. The molecule has 9 nitrogen and oxygen atoms in total. The Kier molecular flexibility index (Phi) is 16.5. The zero-order valence-corrected chi connectivity index (χ0v) is 43.1. The molecule has 2 aliphatic heterocycles. The molecule has 4 unspecified atom stereocenters. The molecule has 4 aromatic carbocycles. The molecule has 0 bridgehead atoms. The van der Waals surface area contributed by atoms with Crippen LogP contribution >= 0.6 is 0 Å². The lowest BCUT2D eigenvalue weighted by atomic mass is 9.72. The summed E-state index contributed by atoms with van der Waals surface area (Å²) in [4.78, 5) is 36.6. The van der Waals surface area contributed by atoms with Gasteiger partial charge in [-0.05, 0) is 183 Å². The first-order valence-corrected chi connectivity index (χ1v) is 26.5. The first-order chi connectivity index (χ1) is 33.1. The van der Waals surface area contributed by atoms with E-state index in [9.17, 15) is 14.4 Å². The first kappa shape index (κ1) is 50.9. The summed E-state index contributed by atoms with van der Waals surface area (Å²) in [6, 6.07) is 25.2. The predicted molar refractivity (Wildman–Crippen MR) is 277 cm³/mol. The van der Waals surface area contributed by atoms with Gasteiger partial charge in [-0.1, -0.05) is 84.0 Å². The lowest BCUT2D eigenvalue weighted by molar-refractivity contribution is -0.146. The molecular formula is C60H82N2O7. The van der Waals surface area contributed by atoms with Crippen LogP contribution in [0.1, 0.15) is 135 Å². The number of rotatable bonds is 9. The molecule has 4 atom stereocenters. The molecule has 374 valence electrons. The van der Waals surface area contributed by atoms with E-state index in [1.807, 2.05) is 36.4 Å². The Hall–Kier alpha value is -4.47. The van der Waals surface area contributed by atoms with Gasteiger partial charge >= 0.3 is 11.9 Å². The molecule has 10 rings (SSSR count). The fourth-order valence-electron chi connectivity index (χ4n) is 13.1. The van der Waals surface area contributed by atoms with Crippen LogP contribution in [0.4, 0.5) is 0 Å². The van der Waals surface area contributed by atoms with Gasteiger partial charge in [-0.3, -0.25) is 19.3 Å². The van der Waals surface area contributed by atoms with Gasteiger partial charge in [-0.2, -0.15) is 0 Å². The number of benzene rings is 4. The van der Waals surface area contributed by atoms with E-state index in [4.69, 9.17) is 18.9 Å². The SMILES string of the molecule is CC(C)(C)C1CCC(Oc2cccc3cc(C=O)ccc23)CC1.COC(=O)C1CC2CN(Cc3ccc4c(OC5CCC(C(C)(C)C)CC5)cccc4c3)CC2C1.COC(=O)C1CC2CNCC2C1. The van der Waals surface area contributed by atoms with Gasteiger partial charge in [0.15, 0.2) is 0 Å². The number of nitrogens with zero attached hydrogens (tertiary/aromatic N) is 1. The van der Waals surface area contributed by atoms with Crippen molar-refractivity contribution in [3.05, 3.63) is 83.9 Å². The number of ether oxygens (including phenoxy) is 4. The molecule has 0 spiro atoms. The molecule has 0 aromatic heterocycles. The minimum atomic E-state index is -0.0178. The first-order valence-electron chi connectivity index (χ1n) is 26.5. The fraction of sp³-hybridized carbons (Fsp3) is 0.617. The number of methoxy groups -OCH3 is 2. The van der Waals surface area contributed by atoms with Crippen LogP contribution in [0, 0.1) is 58.2 Å². The zero-order chi connectivity index (χ0) is 48.9. The fourth-order valence-corrected chi connectivity index (χ4v) is 13.1. The van der Waals surface area contributed by atoms with E-state index in [-0.39, 0.29) is 23.8 Å². The van der Waals surface area contributed by atoms with Crippen molar-refractivity contribution in [2.75, 3.05) is 40.4 Å². The summed E-state index contributed by atoms with van der Waals surface area (Å²) in [5.41, 5.74) is 2.87.